The Hall–Kier alpha value is -2.57. The number of carbonyl (C=O) groups excluding carboxylic acids is 1. The van der Waals surface area contributed by atoms with Gasteiger partial charge in [-0.05, 0) is 30.7 Å². The van der Waals surface area contributed by atoms with E-state index in [0.29, 0.717) is 33.5 Å². The normalized spacial score (nSPS) is 10.2. The van der Waals surface area contributed by atoms with Gasteiger partial charge in [0.1, 0.15) is 5.75 Å². The highest BCUT2D eigenvalue weighted by Crippen LogP contribution is 2.26. The van der Waals surface area contributed by atoms with Crippen LogP contribution < -0.4 is 10.1 Å². The molecular formula is C17H14Cl2N2O4. The van der Waals surface area contributed by atoms with E-state index < -0.39 is 10.8 Å². The summed E-state index contributed by atoms with van der Waals surface area (Å²) in [6, 6.07) is 8.86. The van der Waals surface area contributed by atoms with Crippen LogP contribution in [0.25, 0.3) is 0 Å². The van der Waals surface area contributed by atoms with Crippen molar-refractivity contribution in [3.63, 3.8) is 0 Å². The molecule has 0 aliphatic carbocycles. The third kappa shape index (κ3) is 5.20. The first-order valence-electron chi connectivity index (χ1n) is 7.16. The molecule has 0 saturated carbocycles. The Morgan fingerprint density at radius 3 is 2.72 bits per heavy atom. The summed E-state index contributed by atoms with van der Waals surface area (Å²) in [5, 5.41) is 14.2. The zero-order valence-corrected chi connectivity index (χ0v) is 14.5. The molecule has 130 valence electrons. The highest BCUT2D eigenvalue weighted by atomic mass is 35.5. The summed E-state index contributed by atoms with van der Waals surface area (Å²) in [5.74, 6) is -0.0649. The van der Waals surface area contributed by atoms with Gasteiger partial charge in [0.25, 0.3) is 11.6 Å². The lowest BCUT2D eigenvalue weighted by Gasteiger charge is -2.11. The number of nitro groups is 1. The minimum atomic E-state index is -0.496. The van der Waals surface area contributed by atoms with Gasteiger partial charge in [0.05, 0.1) is 15.6 Å². The minimum absolute atomic E-state index is 0.0561. The molecule has 0 aliphatic heterocycles. The van der Waals surface area contributed by atoms with Gasteiger partial charge in [-0.3, -0.25) is 14.9 Å². The number of nitro benzene ring substituents is 1. The maximum Gasteiger partial charge on any atom is 0.269 e. The van der Waals surface area contributed by atoms with Crippen LogP contribution in [0.2, 0.25) is 10.0 Å². The van der Waals surface area contributed by atoms with Crippen LogP contribution in [0.5, 0.6) is 5.75 Å². The van der Waals surface area contributed by atoms with Gasteiger partial charge in [0.15, 0.2) is 6.61 Å². The van der Waals surface area contributed by atoms with E-state index in [1.165, 1.54) is 24.3 Å². The number of non-ortho nitro benzene ring substituents is 1. The number of carbonyl (C=O) groups is 1. The predicted molar refractivity (Wildman–Crippen MR) is 97.6 cm³/mol. The minimum Gasteiger partial charge on any atom is -0.483 e. The number of amides is 1. The molecular weight excluding hydrogens is 367 g/mol. The van der Waals surface area contributed by atoms with Gasteiger partial charge in [-0.25, -0.2) is 0 Å². The number of benzene rings is 2. The standard InChI is InChI=1S/C17H14Cl2N2O4/c1-2-3-11-8-13(21(23)24)5-7-16(11)25-10-17(22)20-15-9-12(18)4-6-14(15)19/h2,4-9H,1,3,10H2,(H,20,22). The highest BCUT2D eigenvalue weighted by Gasteiger charge is 2.13. The van der Waals surface area contributed by atoms with Crippen LogP contribution in [-0.2, 0) is 11.2 Å². The molecule has 0 unspecified atom stereocenters. The third-order valence-corrected chi connectivity index (χ3v) is 3.75. The molecule has 2 aromatic carbocycles. The molecule has 0 saturated heterocycles. The number of anilines is 1. The lowest BCUT2D eigenvalue weighted by atomic mass is 10.1. The second-order valence-electron chi connectivity index (χ2n) is 5.00. The third-order valence-electron chi connectivity index (χ3n) is 3.18. The first kappa shape index (κ1) is 18.8. The van der Waals surface area contributed by atoms with Crippen LogP contribution in [0.1, 0.15) is 5.56 Å². The molecule has 0 bridgehead atoms. The SMILES string of the molecule is C=CCc1cc([N+](=O)[O-])ccc1OCC(=O)Nc1cc(Cl)ccc1Cl. The van der Waals surface area contributed by atoms with Gasteiger partial charge in [0, 0.05) is 22.7 Å². The van der Waals surface area contributed by atoms with E-state index in [1.54, 1.807) is 18.2 Å². The number of ether oxygens (including phenoxy) is 1. The van der Waals surface area contributed by atoms with Crippen LogP contribution in [0.15, 0.2) is 49.1 Å². The first-order valence-corrected chi connectivity index (χ1v) is 7.92. The molecule has 1 amide bonds. The van der Waals surface area contributed by atoms with Crippen LogP contribution >= 0.6 is 23.2 Å². The Kier molecular flexibility index (Phi) is 6.38. The van der Waals surface area contributed by atoms with Crippen molar-refractivity contribution in [1.82, 2.24) is 0 Å². The Labute approximate surface area is 154 Å². The van der Waals surface area contributed by atoms with Crippen molar-refractivity contribution in [2.75, 3.05) is 11.9 Å². The summed E-state index contributed by atoms with van der Waals surface area (Å²) < 4.78 is 5.47. The second kappa shape index (κ2) is 8.50. The van der Waals surface area contributed by atoms with E-state index in [1.807, 2.05) is 0 Å². The Balaban J connectivity index is 2.07. The van der Waals surface area contributed by atoms with Gasteiger partial charge < -0.3 is 10.1 Å². The second-order valence-corrected chi connectivity index (χ2v) is 5.85. The monoisotopic (exact) mass is 380 g/mol. The van der Waals surface area contributed by atoms with E-state index in [-0.39, 0.29) is 12.3 Å². The van der Waals surface area contributed by atoms with E-state index >= 15 is 0 Å². The molecule has 6 nitrogen and oxygen atoms in total. The lowest BCUT2D eigenvalue weighted by Crippen LogP contribution is -2.20. The van der Waals surface area contributed by atoms with Crippen molar-refractivity contribution in [1.29, 1.82) is 0 Å². The summed E-state index contributed by atoms with van der Waals surface area (Å²) in [5.41, 5.74) is 0.884. The molecule has 0 radical (unpaired) electrons. The quantitative estimate of drug-likeness (QED) is 0.430. The van der Waals surface area contributed by atoms with Crippen molar-refractivity contribution in [3.05, 3.63) is 74.8 Å². The maximum atomic E-state index is 12.0. The van der Waals surface area contributed by atoms with Gasteiger partial charge in [-0.15, -0.1) is 6.58 Å². The molecule has 0 heterocycles. The van der Waals surface area contributed by atoms with Crippen molar-refractivity contribution in [3.8, 4) is 5.75 Å². The highest BCUT2D eigenvalue weighted by molar-refractivity contribution is 6.35. The summed E-state index contributed by atoms with van der Waals surface area (Å²) in [4.78, 5) is 22.4. The molecule has 8 heteroatoms. The van der Waals surface area contributed by atoms with Gasteiger partial charge >= 0.3 is 0 Å². The topological polar surface area (TPSA) is 81.5 Å². The number of nitrogens with one attached hydrogen (secondary N) is 1. The van der Waals surface area contributed by atoms with Crippen LogP contribution in [-0.4, -0.2) is 17.4 Å². The number of rotatable bonds is 7. The zero-order valence-electron chi connectivity index (χ0n) is 13.0. The van der Waals surface area contributed by atoms with E-state index in [2.05, 4.69) is 11.9 Å². The zero-order chi connectivity index (χ0) is 18.4. The molecule has 2 rings (SSSR count). The number of halogens is 2. The van der Waals surface area contributed by atoms with Crippen molar-refractivity contribution in [2.24, 2.45) is 0 Å². The molecule has 1 N–H and O–H groups in total. The van der Waals surface area contributed by atoms with Gasteiger partial charge in [-0.2, -0.15) is 0 Å². The summed E-state index contributed by atoms with van der Waals surface area (Å²) in [6.45, 7) is 3.32. The number of allylic oxidation sites excluding steroid dienone is 1. The molecule has 0 spiro atoms. The van der Waals surface area contributed by atoms with Crippen LogP contribution in [0.4, 0.5) is 11.4 Å². The largest absolute Gasteiger partial charge is 0.483 e. The molecule has 2 aromatic rings. The molecule has 0 fully saturated rings. The number of hydrogen-bond acceptors (Lipinski definition) is 4. The van der Waals surface area contributed by atoms with E-state index in [4.69, 9.17) is 27.9 Å². The van der Waals surface area contributed by atoms with E-state index in [9.17, 15) is 14.9 Å². The lowest BCUT2D eigenvalue weighted by molar-refractivity contribution is -0.384. The first-order chi connectivity index (χ1) is 11.9. The average Bonchev–Trinajstić information content (AvgIpc) is 2.57. The average molecular weight is 381 g/mol. The molecule has 0 aromatic heterocycles. The smallest absolute Gasteiger partial charge is 0.269 e. The fraction of sp³-hybridized carbons (Fsp3) is 0.118. The fourth-order valence-corrected chi connectivity index (χ4v) is 2.40. The summed E-state index contributed by atoms with van der Waals surface area (Å²) in [7, 11) is 0. The fourth-order valence-electron chi connectivity index (χ4n) is 2.06. The number of nitrogens with zero attached hydrogens (tertiary/aromatic N) is 1. The van der Waals surface area contributed by atoms with Crippen LogP contribution in [0, 0.1) is 10.1 Å². The molecule has 25 heavy (non-hydrogen) atoms. The molecule has 0 aliphatic rings. The van der Waals surface area contributed by atoms with E-state index in [0.717, 1.165) is 0 Å². The van der Waals surface area contributed by atoms with Crippen molar-refractivity contribution >= 4 is 40.5 Å². The predicted octanol–water partition coefficient (Wildman–Crippen LogP) is 4.65. The number of hydrogen-bond donors (Lipinski definition) is 1. The Morgan fingerprint density at radius 1 is 1.28 bits per heavy atom. The molecule has 0 atom stereocenters. The Bertz CT molecular complexity index is 824. The van der Waals surface area contributed by atoms with Crippen molar-refractivity contribution < 1.29 is 14.5 Å². The summed E-state index contributed by atoms with van der Waals surface area (Å²) in [6.07, 6.45) is 1.97. The Morgan fingerprint density at radius 2 is 2.04 bits per heavy atom. The van der Waals surface area contributed by atoms with Crippen molar-refractivity contribution in [2.45, 2.75) is 6.42 Å². The van der Waals surface area contributed by atoms with Gasteiger partial charge in [-0.1, -0.05) is 29.3 Å². The van der Waals surface area contributed by atoms with Crippen LogP contribution in [0.3, 0.4) is 0 Å². The maximum absolute atomic E-state index is 12.0. The van der Waals surface area contributed by atoms with Gasteiger partial charge in [0.2, 0.25) is 0 Å². The summed E-state index contributed by atoms with van der Waals surface area (Å²) >= 11 is 11.8.